The number of rotatable bonds is 3. The van der Waals surface area contributed by atoms with Crippen LogP contribution in [0.15, 0.2) is 18.2 Å². The molecule has 0 bridgehead atoms. The zero-order chi connectivity index (χ0) is 16.5. The summed E-state index contributed by atoms with van der Waals surface area (Å²) in [6.07, 6.45) is 0.883. The fourth-order valence-electron chi connectivity index (χ4n) is 2.26. The van der Waals surface area contributed by atoms with Crippen LogP contribution in [-0.2, 0) is 9.16 Å². The van der Waals surface area contributed by atoms with Crippen LogP contribution in [0.1, 0.15) is 49.2 Å². The van der Waals surface area contributed by atoms with Gasteiger partial charge in [0.05, 0.1) is 25.4 Å². The number of carbonyl (C=O) groups is 1. The molecule has 2 rings (SSSR count). The van der Waals surface area contributed by atoms with Gasteiger partial charge in [0.2, 0.25) is 0 Å². The first-order valence-electron chi connectivity index (χ1n) is 7.68. The smallest absolute Gasteiger partial charge is 0.337 e. The summed E-state index contributed by atoms with van der Waals surface area (Å²) in [5.74, 6) is 0.386. The summed E-state index contributed by atoms with van der Waals surface area (Å²) in [4.78, 5) is 11.6. The van der Waals surface area contributed by atoms with E-state index in [1.807, 2.05) is 6.07 Å². The Morgan fingerprint density at radius 2 is 2.00 bits per heavy atom. The van der Waals surface area contributed by atoms with Gasteiger partial charge in [-0.2, -0.15) is 0 Å². The lowest BCUT2D eigenvalue weighted by molar-refractivity contribution is 0.0599. The molecular formula is C17H26O4Si. The molecule has 1 heterocycles. The lowest BCUT2D eigenvalue weighted by atomic mass is 10.0. The van der Waals surface area contributed by atoms with E-state index >= 15 is 0 Å². The van der Waals surface area contributed by atoms with Crippen LogP contribution < -0.4 is 4.74 Å². The standard InChI is InChI=1S/C17H26O4Si/c1-17(2,3)22(5,6)21-14-9-10-20-15-11-12(16(18)19-4)7-8-13(14)15/h7-8,11,14H,9-10H2,1-6H3. The molecule has 0 aliphatic carbocycles. The van der Waals surface area contributed by atoms with E-state index in [1.165, 1.54) is 7.11 Å². The van der Waals surface area contributed by atoms with Crippen LogP contribution in [0.3, 0.4) is 0 Å². The van der Waals surface area contributed by atoms with Crippen molar-refractivity contribution in [3.8, 4) is 5.75 Å². The Balaban J connectivity index is 2.28. The zero-order valence-corrected chi connectivity index (χ0v) is 15.4. The minimum Gasteiger partial charge on any atom is -0.493 e. The maximum atomic E-state index is 11.6. The molecule has 0 saturated carbocycles. The fourth-order valence-corrected chi connectivity index (χ4v) is 3.57. The van der Waals surface area contributed by atoms with Crippen molar-refractivity contribution in [2.45, 2.75) is 51.4 Å². The van der Waals surface area contributed by atoms with Gasteiger partial charge in [-0.1, -0.05) is 26.8 Å². The largest absolute Gasteiger partial charge is 0.493 e. The quantitative estimate of drug-likeness (QED) is 0.614. The van der Waals surface area contributed by atoms with E-state index in [9.17, 15) is 4.79 Å². The molecule has 0 aromatic heterocycles. The Morgan fingerprint density at radius 1 is 1.32 bits per heavy atom. The van der Waals surface area contributed by atoms with Gasteiger partial charge in [0.1, 0.15) is 5.75 Å². The summed E-state index contributed by atoms with van der Waals surface area (Å²) in [7, 11) is -0.469. The highest BCUT2D eigenvalue weighted by Gasteiger charge is 2.40. The molecule has 0 N–H and O–H groups in total. The molecule has 5 heteroatoms. The average molecular weight is 322 g/mol. The Kier molecular flexibility index (Phi) is 4.68. The monoisotopic (exact) mass is 322 g/mol. The van der Waals surface area contributed by atoms with Gasteiger partial charge in [0, 0.05) is 12.0 Å². The average Bonchev–Trinajstić information content (AvgIpc) is 2.44. The number of fused-ring (bicyclic) bond motifs is 1. The highest BCUT2D eigenvalue weighted by Crippen LogP contribution is 2.43. The van der Waals surface area contributed by atoms with Crippen LogP contribution in [0, 0.1) is 0 Å². The number of hydrogen-bond acceptors (Lipinski definition) is 4. The van der Waals surface area contributed by atoms with Crippen LogP contribution in [0.25, 0.3) is 0 Å². The second-order valence-electron chi connectivity index (χ2n) is 7.25. The molecule has 0 fully saturated rings. The van der Waals surface area contributed by atoms with Gasteiger partial charge in [-0.3, -0.25) is 0 Å². The van der Waals surface area contributed by atoms with Gasteiger partial charge in [-0.05, 0) is 30.3 Å². The van der Waals surface area contributed by atoms with E-state index in [1.54, 1.807) is 12.1 Å². The predicted octanol–water partition coefficient (Wildman–Crippen LogP) is 4.32. The van der Waals surface area contributed by atoms with E-state index in [-0.39, 0.29) is 17.1 Å². The van der Waals surface area contributed by atoms with Crippen LogP contribution in [0.4, 0.5) is 0 Å². The molecular weight excluding hydrogens is 296 g/mol. The van der Waals surface area contributed by atoms with Crippen LogP contribution in [0.2, 0.25) is 18.1 Å². The van der Waals surface area contributed by atoms with Crippen molar-refractivity contribution in [3.63, 3.8) is 0 Å². The third-order valence-corrected chi connectivity index (χ3v) is 9.15. The van der Waals surface area contributed by atoms with Gasteiger partial charge < -0.3 is 13.9 Å². The van der Waals surface area contributed by atoms with Gasteiger partial charge in [0.15, 0.2) is 8.32 Å². The Labute approximate surface area is 133 Å². The lowest BCUT2D eigenvalue weighted by Gasteiger charge is -2.40. The highest BCUT2D eigenvalue weighted by atomic mass is 28.4. The van der Waals surface area contributed by atoms with Crippen LogP contribution in [0.5, 0.6) is 5.75 Å². The van der Waals surface area contributed by atoms with Crippen molar-refractivity contribution in [3.05, 3.63) is 29.3 Å². The molecule has 1 atom stereocenters. The number of hydrogen-bond donors (Lipinski definition) is 0. The zero-order valence-electron chi connectivity index (χ0n) is 14.4. The third-order valence-electron chi connectivity index (χ3n) is 4.66. The molecule has 4 nitrogen and oxygen atoms in total. The normalized spacial score (nSPS) is 18.4. The van der Waals surface area contributed by atoms with E-state index in [4.69, 9.17) is 13.9 Å². The van der Waals surface area contributed by atoms with E-state index < -0.39 is 8.32 Å². The van der Waals surface area contributed by atoms with Gasteiger partial charge >= 0.3 is 5.97 Å². The molecule has 22 heavy (non-hydrogen) atoms. The molecule has 1 aliphatic rings. The first-order chi connectivity index (χ1) is 10.2. The van der Waals surface area contributed by atoms with Crippen molar-refractivity contribution in [2.75, 3.05) is 13.7 Å². The van der Waals surface area contributed by atoms with Gasteiger partial charge in [-0.25, -0.2) is 4.79 Å². The third kappa shape index (κ3) is 3.36. The molecule has 122 valence electrons. The van der Waals surface area contributed by atoms with Crippen LogP contribution in [-0.4, -0.2) is 28.0 Å². The van der Waals surface area contributed by atoms with E-state index in [0.29, 0.717) is 12.2 Å². The maximum Gasteiger partial charge on any atom is 0.337 e. The van der Waals surface area contributed by atoms with Gasteiger partial charge in [-0.15, -0.1) is 0 Å². The van der Waals surface area contributed by atoms with Crippen molar-refractivity contribution >= 4 is 14.3 Å². The molecule has 0 amide bonds. The number of benzene rings is 1. The van der Waals surface area contributed by atoms with Gasteiger partial charge in [0.25, 0.3) is 0 Å². The Hall–Kier alpha value is -1.33. The topological polar surface area (TPSA) is 44.8 Å². The second-order valence-corrected chi connectivity index (χ2v) is 12.0. The van der Waals surface area contributed by atoms with E-state index in [0.717, 1.165) is 17.7 Å². The van der Waals surface area contributed by atoms with Crippen molar-refractivity contribution in [1.82, 2.24) is 0 Å². The Bertz CT molecular complexity index is 560. The molecule has 1 unspecified atom stereocenters. The molecule has 0 saturated heterocycles. The molecule has 1 aromatic carbocycles. The summed E-state index contributed by atoms with van der Waals surface area (Å²) in [5.41, 5.74) is 1.54. The summed E-state index contributed by atoms with van der Waals surface area (Å²) < 4.78 is 17.0. The van der Waals surface area contributed by atoms with Crippen molar-refractivity contribution in [1.29, 1.82) is 0 Å². The molecule has 1 aromatic rings. The predicted molar refractivity (Wildman–Crippen MR) is 88.9 cm³/mol. The summed E-state index contributed by atoms with van der Waals surface area (Å²) in [6.45, 7) is 11.8. The molecule has 1 aliphatic heterocycles. The molecule has 0 spiro atoms. The van der Waals surface area contributed by atoms with E-state index in [2.05, 4.69) is 33.9 Å². The number of carbonyl (C=O) groups excluding carboxylic acids is 1. The minimum atomic E-state index is -1.85. The minimum absolute atomic E-state index is 0.0383. The number of esters is 1. The first-order valence-corrected chi connectivity index (χ1v) is 10.6. The molecule has 0 radical (unpaired) electrons. The van der Waals surface area contributed by atoms with Crippen LogP contribution >= 0.6 is 0 Å². The Morgan fingerprint density at radius 3 is 2.59 bits per heavy atom. The summed E-state index contributed by atoms with van der Waals surface area (Å²) >= 11 is 0. The SMILES string of the molecule is COC(=O)c1ccc2c(c1)OCCC2O[Si](C)(C)C(C)(C)C. The highest BCUT2D eigenvalue weighted by molar-refractivity contribution is 6.74. The second kappa shape index (κ2) is 6.05. The maximum absolute atomic E-state index is 11.6. The number of methoxy groups -OCH3 is 1. The summed E-state index contributed by atoms with van der Waals surface area (Å²) in [6, 6.07) is 5.46. The first kappa shape index (κ1) is 17.0. The number of ether oxygens (including phenoxy) is 2. The fraction of sp³-hybridized carbons (Fsp3) is 0.588. The van der Waals surface area contributed by atoms with Crippen molar-refractivity contribution < 1.29 is 18.7 Å². The summed E-state index contributed by atoms with van der Waals surface area (Å²) in [5, 5.41) is 0.164. The lowest BCUT2D eigenvalue weighted by Crippen LogP contribution is -2.42. The van der Waals surface area contributed by atoms with Crippen molar-refractivity contribution in [2.24, 2.45) is 0 Å².